The molecule has 0 bridgehead atoms. The first-order valence-corrected chi connectivity index (χ1v) is 13.0. The van der Waals surface area contributed by atoms with Crippen LogP contribution in [0.1, 0.15) is 43.7 Å². The average molecular weight is 552 g/mol. The summed E-state index contributed by atoms with van der Waals surface area (Å²) in [6.45, 7) is 2.14. The molecular formula is C27H29ClF3N3O4. The summed E-state index contributed by atoms with van der Waals surface area (Å²) in [4.78, 5) is 43.4. The van der Waals surface area contributed by atoms with Gasteiger partial charge in [-0.2, -0.15) is 13.2 Å². The third kappa shape index (κ3) is 6.66. The zero-order chi connectivity index (χ0) is 27.3. The topological polar surface area (TPSA) is 70.2 Å². The molecule has 1 unspecified atom stereocenters. The second kappa shape index (κ2) is 12.2. The maximum absolute atomic E-state index is 14.0. The van der Waals surface area contributed by atoms with E-state index >= 15 is 0 Å². The molecule has 1 atom stereocenters. The lowest BCUT2D eigenvalue weighted by molar-refractivity contribution is -0.192. The van der Waals surface area contributed by atoms with Crippen molar-refractivity contribution in [3.63, 3.8) is 0 Å². The average Bonchev–Trinajstić information content (AvgIpc) is 2.92. The highest BCUT2D eigenvalue weighted by Crippen LogP contribution is 2.32. The Hall–Kier alpha value is -3.11. The molecule has 2 aromatic rings. The van der Waals surface area contributed by atoms with Gasteiger partial charge in [-0.3, -0.25) is 14.6 Å². The van der Waals surface area contributed by atoms with Gasteiger partial charge in [-0.05, 0) is 42.7 Å². The van der Waals surface area contributed by atoms with Gasteiger partial charge in [0, 0.05) is 42.9 Å². The standard InChI is InChI=1S/C27H29ClF3N3O4/c28-20-11-13-22(14-12-20)34(26(37)38-25(36)27(29,30)31)23(19-7-3-1-4-8-19)24(35)33-17-15-32(16-18-33)21-9-5-2-6-10-21/h1,3-4,7-8,11-14,21,23H,2,5-6,9-10,15-18H2. The molecule has 2 aromatic carbocycles. The number of ether oxygens (including phenoxy) is 1. The molecule has 38 heavy (non-hydrogen) atoms. The quantitative estimate of drug-likeness (QED) is 0.358. The lowest BCUT2D eigenvalue weighted by Gasteiger charge is -2.42. The van der Waals surface area contributed by atoms with Crippen molar-refractivity contribution in [2.75, 3.05) is 31.1 Å². The van der Waals surface area contributed by atoms with Crippen LogP contribution in [0.3, 0.4) is 0 Å². The molecule has 7 nitrogen and oxygen atoms in total. The van der Waals surface area contributed by atoms with Gasteiger partial charge in [0.2, 0.25) is 0 Å². The van der Waals surface area contributed by atoms with E-state index in [4.69, 9.17) is 11.6 Å². The Kier molecular flexibility index (Phi) is 8.94. The van der Waals surface area contributed by atoms with Crippen LogP contribution >= 0.6 is 11.6 Å². The maximum atomic E-state index is 14.0. The summed E-state index contributed by atoms with van der Waals surface area (Å²) in [5, 5.41) is 0.315. The van der Waals surface area contributed by atoms with Gasteiger partial charge in [-0.1, -0.05) is 61.2 Å². The fourth-order valence-corrected chi connectivity index (χ4v) is 5.24. The molecule has 1 saturated heterocycles. The molecule has 2 fully saturated rings. The van der Waals surface area contributed by atoms with Gasteiger partial charge in [0.05, 0.1) is 0 Å². The molecule has 1 saturated carbocycles. The van der Waals surface area contributed by atoms with E-state index in [1.165, 1.54) is 43.5 Å². The number of amides is 2. The number of piperazine rings is 1. The number of carbonyl (C=O) groups excluding carboxylic acids is 3. The van der Waals surface area contributed by atoms with Crippen LogP contribution < -0.4 is 4.90 Å². The van der Waals surface area contributed by atoms with E-state index < -0.39 is 30.2 Å². The number of carbonyl (C=O) groups is 3. The summed E-state index contributed by atoms with van der Waals surface area (Å²) in [5.74, 6) is -3.15. The van der Waals surface area contributed by atoms with Gasteiger partial charge >= 0.3 is 18.2 Å². The van der Waals surface area contributed by atoms with Crippen molar-refractivity contribution in [3.05, 3.63) is 65.2 Å². The summed E-state index contributed by atoms with van der Waals surface area (Å²) >= 11 is 5.98. The van der Waals surface area contributed by atoms with Crippen LogP contribution in [-0.4, -0.2) is 66.2 Å². The Morgan fingerprint density at radius 3 is 2.08 bits per heavy atom. The number of hydrogen-bond acceptors (Lipinski definition) is 5. The van der Waals surface area contributed by atoms with Crippen LogP contribution in [0.25, 0.3) is 0 Å². The van der Waals surface area contributed by atoms with Gasteiger partial charge in [0.1, 0.15) is 6.04 Å². The Morgan fingerprint density at radius 1 is 0.895 bits per heavy atom. The largest absolute Gasteiger partial charge is 0.491 e. The first-order valence-electron chi connectivity index (χ1n) is 12.6. The zero-order valence-electron chi connectivity index (χ0n) is 20.7. The highest BCUT2D eigenvalue weighted by atomic mass is 35.5. The third-order valence-corrected chi connectivity index (χ3v) is 7.29. The molecule has 1 heterocycles. The lowest BCUT2D eigenvalue weighted by Crippen LogP contribution is -2.55. The van der Waals surface area contributed by atoms with Crippen LogP contribution in [0.2, 0.25) is 5.02 Å². The van der Waals surface area contributed by atoms with E-state index in [9.17, 15) is 27.6 Å². The lowest BCUT2D eigenvalue weighted by atomic mass is 9.93. The Morgan fingerprint density at radius 2 is 1.50 bits per heavy atom. The number of esters is 1. The van der Waals surface area contributed by atoms with Crippen molar-refractivity contribution < 1.29 is 32.3 Å². The molecule has 0 spiro atoms. The van der Waals surface area contributed by atoms with Gasteiger partial charge in [0.15, 0.2) is 0 Å². The van der Waals surface area contributed by atoms with Crippen LogP contribution in [0.15, 0.2) is 54.6 Å². The third-order valence-electron chi connectivity index (χ3n) is 7.04. The summed E-state index contributed by atoms with van der Waals surface area (Å²) in [6.07, 6.45) is -1.13. The molecule has 0 aromatic heterocycles. The Labute approximate surface area is 224 Å². The molecule has 11 heteroatoms. The molecule has 1 aliphatic heterocycles. The van der Waals surface area contributed by atoms with Crippen molar-refractivity contribution >= 4 is 35.3 Å². The molecule has 0 radical (unpaired) electrons. The number of hydrogen-bond donors (Lipinski definition) is 0. The highest BCUT2D eigenvalue weighted by Gasteiger charge is 2.45. The van der Waals surface area contributed by atoms with Crippen molar-refractivity contribution in [1.29, 1.82) is 0 Å². The van der Waals surface area contributed by atoms with E-state index in [1.54, 1.807) is 35.2 Å². The Bertz CT molecular complexity index is 1120. The van der Waals surface area contributed by atoms with Gasteiger partial charge in [-0.15, -0.1) is 0 Å². The summed E-state index contributed by atoms with van der Waals surface area (Å²) < 4.78 is 43.1. The van der Waals surface area contributed by atoms with Crippen molar-refractivity contribution in [3.8, 4) is 0 Å². The van der Waals surface area contributed by atoms with Gasteiger partial charge < -0.3 is 9.64 Å². The molecular weight excluding hydrogens is 523 g/mol. The van der Waals surface area contributed by atoms with Crippen molar-refractivity contribution in [2.45, 2.75) is 50.4 Å². The summed E-state index contributed by atoms with van der Waals surface area (Å²) in [6, 6.07) is 13.0. The second-order valence-electron chi connectivity index (χ2n) is 9.47. The SMILES string of the molecule is O=C(C(c1ccccc1)N(C(=O)OC(=O)C(F)(F)F)c1ccc(Cl)cc1)N1CCN(C2CCCCC2)CC1. The molecule has 4 rings (SSSR count). The van der Waals surface area contributed by atoms with Gasteiger partial charge in [0.25, 0.3) is 5.91 Å². The number of rotatable bonds is 5. The number of benzene rings is 2. The number of alkyl halides is 3. The molecule has 2 aliphatic rings. The minimum atomic E-state index is -5.39. The van der Waals surface area contributed by atoms with E-state index in [2.05, 4.69) is 9.64 Å². The second-order valence-corrected chi connectivity index (χ2v) is 9.90. The van der Waals surface area contributed by atoms with Crippen LogP contribution in [0, 0.1) is 0 Å². The van der Waals surface area contributed by atoms with Crippen molar-refractivity contribution in [1.82, 2.24) is 9.80 Å². The van der Waals surface area contributed by atoms with E-state index in [0.29, 0.717) is 42.8 Å². The zero-order valence-corrected chi connectivity index (χ0v) is 21.5. The first kappa shape index (κ1) is 27.9. The van der Waals surface area contributed by atoms with E-state index in [0.717, 1.165) is 17.7 Å². The number of anilines is 1. The predicted octanol–water partition coefficient (Wildman–Crippen LogP) is 5.59. The smallest absolute Gasteiger partial charge is 0.369 e. The van der Waals surface area contributed by atoms with Crippen LogP contribution in [-0.2, 0) is 14.3 Å². The summed E-state index contributed by atoms with van der Waals surface area (Å²) in [5.41, 5.74) is 0.413. The number of nitrogens with zero attached hydrogens (tertiary/aromatic N) is 3. The minimum Gasteiger partial charge on any atom is -0.369 e. The molecule has 204 valence electrons. The normalized spacial score (nSPS) is 18.1. The monoisotopic (exact) mass is 551 g/mol. The molecule has 0 N–H and O–H groups in total. The number of halogens is 4. The van der Waals surface area contributed by atoms with Crippen LogP contribution in [0.5, 0.6) is 0 Å². The van der Waals surface area contributed by atoms with E-state index in [1.807, 2.05) is 0 Å². The first-order chi connectivity index (χ1) is 18.1. The maximum Gasteiger partial charge on any atom is 0.491 e. The fraction of sp³-hybridized carbons (Fsp3) is 0.444. The van der Waals surface area contributed by atoms with Crippen molar-refractivity contribution in [2.24, 2.45) is 0 Å². The Balaban J connectivity index is 1.64. The predicted molar refractivity (Wildman–Crippen MR) is 136 cm³/mol. The summed E-state index contributed by atoms with van der Waals surface area (Å²) in [7, 11) is 0. The van der Waals surface area contributed by atoms with Crippen LogP contribution in [0.4, 0.5) is 23.7 Å². The van der Waals surface area contributed by atoms with Gasteiger partial charge in [-0.25, -0.2) is 9.59 Å². The minimum absolute atomic E-state index is 0.0532. The molecule has 1 aliphatic carbocycles. The fourth-order valence-electron chi connectivity index (χ4n) is 5.11. The molecule has 2 amide bonds. The van der Waals surface area contributed by atoms with E-state index in [-0.39, 0.29) is 5.69 Å². The highest BCUT2D eigenvalue weighted by molar-refractivity contribution is 6.30.